The standard InChI is InChI=1S/C32H35ClN2O5S/c1-4-6-17-40-31(39)26-25-18-20(3)32(41-25)27(26)29(37)35(24(19-36)21-10-8-7-9-11-21)28(32)30(38)34(16-5-2)23-14-12-22(33)13-15-23/h4-5,7-15,20,24-28,36H,1-2,6,16-19H2,3H3/t20?,24-,25-,26+,27+,28?,32?/m1/s1. The van der Waals surface area contributed by atoms with Crippen LogP contribution in [0.15, 0.2) is 79.9 Å². The molecule has 9 heteroatoms. The Morgan fingerprint density at radius 1 is 1.20 bits per heavy atom. The van der Waals surface area contributed by atoms with Crippen molar-refractivity contribution in [1.82, 2.24) is 4.90 Å². The molecule has 3 fully saturated rings. The van der Waals surface area contributed by atoms with Gasteiger partial charge in [0.25, 0.3) is 5.91 Å². The second-order valence-corrected chi connectivity index (χ2v) is 12.9. The molecule has 5 rings (SSSR count). The molecule has 1 N–H and O–H groups in total. The van der Waals surface area contributed by atoms with Gasteiger partial charge in [0.15, 0.2) is 0 Å². The van der Waals surface area contributed by atoms with Gasteiger partial charge in [-0.2, -0.15) is 0 Å². The Morgan fingerprint density at radius 3 is 2.54 bits per heavy atom. The Kier molecular flexibility index (Phi) is 8.64. The van der Waals surface area contributed by atoms with E-state index in [1.165, 1.54) is 0 Å². The molecule has 3 aliphatic rings. The summed E-state index contributed by atoms with van der Waals surface area (Å²) < 4.78 is 4.75. The number of halogens is 1. The number of rotatable bonds is 11. The van der Waals surface area contributed by atoms with Crippen molar-refractivity contribution in [2.75, 3.05) is 24.7 Å². The monoisotopic (exact) mass is 594 g/mol. The molecule has 7 nitrogen and oxygen atoms in total. The number of hydrogen-bond acceptors (Lipinski definition) is 6. The van der Waals surface area contributed by atoms with Gasteiger partial charge in [-0.05, 0) is 48.6 Å². The van der Waals surface area contributed by atoms with Crippen molar-refractivity contribution in [2.45, 2.75) is 41.8 Å². The van der Waals surface area contributed by atoms with E-state index in [1.807, 2.05) is 30.3 Å². The third-order valence-electron chi connectivity index (χ3n) is 8.66. The zero-order valence-electron chi connectivity index (χ0n) is 23.0. The van der Waals surface area contributed by atoms with Crippen LogP contribution < -0.4 is 4.90 Å². The van der Waals surface area contributed by atoms with E-state index in [9.17, 15) is 19.5 Å². The first-order valence-corrected chi connectivity index (χ1v) is 15.2. The maximum absolute atomic E-state index is 14.8. The van der Waals surface area contributed by atoms with Gasteiger partial charge in [0.2, 0.25) is 5.91 Å². The zero-order chi connectivity index (χ0) is 29.3. The smallest absolute Gasteiger partial charge is 0.310 e. The summed E-state index contributed by atoms with van der Waals surface area (Å²) in [5.74, 6) is -2.45. The van der Waals surface area contributed by atoms with Gasteiger partial charge in [-0.1, -0.05) is 61.0 Å². The van der Waals surface area contributed by atoms with Gasteiger partial charge in [0.1, 0.15) is 6.04 Å². The zero-order valence-corrected chi connectivity index (χ0v) is 24.6. The molecule has 2 aromatic rings. The highest BCUT2D eigenvalue weighted by atomic mass is 35.5. The maximum atomic E-state index is 14.8. The second kappa shape index (κ2) is 12.0. The molecular formula is C32H35ClN2O5S. The first kappa shape index (κ1) is 29.4. The van der Waals surface area contributed by atoms with Crippen molar-refractivity contribution < 1.29 is 24.2 Å². The second-order valence-electron chi connectivity index (χ2n) is 10.9. The number of likely N-dealkylation sites (tertiary alicyclic amines) is 1. The number of ether oxygens (including phenoxy) is 1. The lowest BCUT2D eigenvalue weighted by molar-refractivity contribution is -0.154. The summed E-state index contributed by atoms with van der Waals surface area (Å²) in [4.78, 5) is 46.0. The topological polar surface area (TPSA) is 87.1 Å². The lowest BCUT2D eigenvalue weighted by Crippen LogP contribution is -2.58. The molecule has 1 spiro atoms. The number of carbonyl (C=O) groups excluding carboxylic acids is 3. The van der Waals surface area contributed by atoms with Gasteiger partial charge in [-0.3, -0.25) is 14.4 Å². The summed E-state index contributed by atoms with van der Waals surface area (Å²) in [7, 11) is 0. The van der Waals surface area contributed by atoms with Crippen LogP contribution in [-0.2, 0) is 19.1 Å². The van der Waals surface area contributed by atoms with Crippen LogP contribution in [-0.4, -0.2) is 63.6 Å². The van der Waals surface area contributed by atoms with Crippen LogP contribution in [0, 0.1) is 17.8 Å². The maximum Gasteiger partial charge on any atom is 0.310 e. The molecular weight excluding hydrogens is 560 g/mol. The molecule has 3 heterocycles. The number of hydrogen-bond donors (Lipinski definition) is 1. The summed E-state index contributed by atoms with van der Waals surface area (Å²) in [5.41, 5.74) is 1.34. The largest absolute Gasteiger partial charge is 0.465 e. The summed E-state index contributed by atoms with van der Waals surface area (Å²) in [6.45, 7) is 9.65. The number of benzene rings is 2. The van der Waals surface area contributed by atoms with Crippen LogP contribution in [0.3, 0.4) is 0 Å². The van der Waals surface area contributed by atoms with Crippen LogP contribution in [0.5, 0.6) is 0 Å². The number of aliphatic hydroxyl groups excluding tert-OH is 1. The Balaban J connectivity index is 1.64. The van der Waals surface area contributed by atoms with Crippen molar-refractivity contribution in [1.29, 1.82) is 0 Å². The van der Waals surface area contributed by atoms with E-state index in [2.05, 4.69) is 20.1 Å². The van der Waals surface area contributed by atoms with Crippen LogP contribution >= 0.6 is 23.4 Å². The lowest BCUT2D eigenvalue weighted by Gasteiger charge is -2.42. The minimum absolute atomic E-state index is 0.0338. The van der Waals surface area contributed by atoms with E-state index in [4.69, 9.17) is 16.3 Å². The van der Waals surface area contributed by atoms with Crippen LogP contribution in [0.1, 0.15) is 31.4 Å². The fourth-order valence-electron chi connectivity index (χ4n) is 6.93. The average Bonchev–Trinajstić information content (AvgIpc) is 3.57. The Hall–Kier alpha value is -3.07. The van der Waals surface area contributed by atoms with Gasteiger partial charge in [-0.25, -0.2) is 0 Å². The Morgan fingerprint density at radius 2 is 1.90 bits per heavy atom. The Labute approximate surface area is 250 Å². The van der Waals surface area contributed by atoms with Crippen molar-refractivity contribution in [2.24, 2.45) is 17.8 Å². The Bertz CT molecular complexity index is 1320. The van der Waals surface area contributed by atoms with E-state index in [1.54, 1.807) is 58.0 Å². The van der Waals surface area contributed by atoms with Gasteiger partial charge < -0.3 is 19.6 Å². The molecule has 216 valence electrons. The highest BCUT2D eigenvalue weighted by Crippen LogP contribution is 2.69. The molecule has 3 aliphatic heterocycles. The van der Waals surface area contributed by atoms with E-state index >= 15 is 0 Å². The predicted molar refractivity (Wildman–Crippen MR) is 162 cm³/mol. The fraction of sp³-hybridized carbons (Fsp3) is 0.406. The van der Waals surface area contributed by atoms with Crippen molar-refractivity contribution in [3.63, 3.8) is 0 Å². The minimum atomic E-state index is -0.927. The van der Waals surface area contributed by atoms with E-state index in [0.29, 0.717) is 23.6 Å². The number of thioether (sulfide) groups is 1. The van der Waals surface area contributed by atoms with Crippen molar-refractivity contribution in [3.05, 3.63) is 90.5 Å². The number of aliphatic hydroxyl groups is 1. The molecule has 2 aromatic carbocycles. The molecule has 0 aromatic heterocycles. The summed E-state index contributed by atoms with van der Waals surface area (Å²) >= 11 is 7.72. The van der Waals surface area contributed by atoms with Crippen molar-refractivity contribution >= 4 is 46.8 Å². The van der Waals surface area contributed by atoms with Gasteiger partial charge in [0, 0.05) is 22.5 Å². The third kappa shape index (κ3) is 4.90. The van der Waals surface area contributed by atoms with Crippen molar-refractivity contribution in [3.8, 4) is 0 Å². The minimum Gasteiger partial charge on any atom is -0.465 e. The number of amides is 2. The number of carbonyl (C=O) groups is 3. The van der Waals surface area contributed by atoms with Crippen LogP contribution in [0.2, 0.25) is 5.02 Å². The molecule has 3 saturated heterocycles. The first-order valence-electron chi connectivity index (χ1n) is 13.9. The number of esters is 1. The normalized spacial score (nSPS) is 28.7. The molecule has 7 atom stereocenters. The van der Waals surface area contributed by atoms with Gasteiger partial charge in [0.05, 0.1) is 35.8 Å². The lowest BCUT2D eigenvalue weighted by atomic mass is 9.66. The molecule has 41 heavy (non-hydrogen) atoms. The highest BCUT2D eigenvalue weighted by molar-refractivity contribution is 8.02. The fourth-order valence-corrected chi connectivity index (χ4v) is 9.45. The first-order chi connectivity index (χ1) is 19.8. The summed E-state index contributed by atoms with van der Waals surface area (Å²) in [5, 5.41) is 11.1. The van der Waals surface area contributed by atoms with Gasteiger partial charge >= 0.3 is 5.97 Å². The number of nitrogens with zero attached hydrogens (tertiary/aromatic N) is 2. The molecule has 0 radical (unpaired) electrons. The summed E-state index contributed by atoms with van der Waals surface area (Å²) in [6.07, 6.45) is 4.53. The predicted octanol–water partition coefficient (Wildman–Crippen LogP) is 5.05. The number of anilines is 1. The van der Waals surface area contributed by atoms with Crippen LogP contribution in [0.25, 0.3) is 0 Å². The molecule has 0 aliphatic carbocycles. The molecule has 0 saturated carbocycles. The quantitative estimate of drug-likeness (QED) is 0.223. The molecule has 2 bridgehead atoms. The van der Waals surface area contributed by atoms with E-state index < -0.39 is 34.6 Å². The number of fused-ring (bicyclic) bond motifs is 1. The van der Waals surface area contributed by atoms with Gasteiger partial charge in [-0.15, -0.1) is 24.9 Å². The molecule has 2 amide bonds. The van der Waals surface area contributed by atoms with E-state index in [-0.39, 0.29) is 42.7 Å². The summed E-state index contributed by atoms with van der Waals surface area (Å²) in [6, 6.07) is 14.5. The molecule has 3 unspecified atom stereocenters. The average molecular weight is 595 g/mol. The SMILES string of the molecule is C=CCCOC(=O)[C@@H]1[C@H]2C(=O)N([C@H](CO)c3ccccc3)C(C(=O)N(CC=C)c3ccc(Cl)cc3)C23S[C@@H]1CC3C. The highest BCUT2D eigenvalue weighted by Gasteiger charge is 2.77. The van der Waals surface area contributed by atoms with Crippen LogP contribution in [0.4, 0.5) is 5.69 Å². The van der Waals surface area contributed by atoms with E-state index in [0.717, 1.165) is 5.56 Å². The third-order valence-corrected chi connectivity index (χ3v) is 11.0.